The van der Waals surface area contributed by atoms with Gasteiger partial charge in [-0.25, -0.2) is 0 Å². The Morgan fingerprint density at radius 1 is 1.42 bits per heavy atom. The van der Waals surface area contributed by atoms with Crippen molar-refractivity contribution in [3.63, 3.8) is 0 Å². The Morgan fingerprint density at radius 3 is 2.95 bits per heavy atom. The van der Waals surface area contributed by atoms with E-state index in [4.69, 9.17) is 27.9 Å². The van der Waals surface area contributed by atoms with Crippen LogP contribution >= 0.6 is 23.2 Å². The van der Waals surface area contributed by atoms with Gasteiger partial charge < -0.3 is 10.1 Å². The molecule has 0 aliphatic carbocycles. The van der Waals surface area contributed by atoms with Gasteiger partial charge in [0.2, 0.25) is 5.91 Å². The Labute approximate surface area is 123 Å². The zero-order valence-electron chi connectivity index (χ0n) is 10.6. The number of halogens is 2. The molecule has 3 nitrogen and oxygen atoms in total. The first-order valence-corrected chi connectivity index (χ1v) is 7.23. The van der Waals surface area contributed by atoms with E-state index in [0.717, 1.165) is 25.0 Å². The topological polar surface area (TPSA) is 38.3 Å². The summed E-state index contributed by atoms with van der Waals surface area (Å²) >= 11 is 11.9. The van der Waals surface area contributed by atoms with Gasteiger partial charge in [-0.15, -0.1) is 0 Å². The minimum Gasteiger partial charge on any atom is -0.376 e. The van der Waals surface area contributed by atoms with Crippen molar-refractivity contribution in [2.45, 2.75) is 31.8 Å². The van der Waals surface area contributed by atoms with Gasteiger partial charge in [-0.3, -0.25) is 4.79 Å². The third kappa shape index (κ3) is 4.68. The molecule has 0 aromatic heterocycles. The second kappa shape index (κ2) is 7.13. The van der Waals surface area contributed by atoms with Crippen LogP contribution in [0.25, 0.3) is 0 Å². The largest absolute Gasteiger partial charge is 0.376 e. The van der Waals surface area contributed by atoms with E-state index >= 15 is 0 Å². The van der Waals surface area contributed by atoms with Crippen LogP contribution in [0, 0.1) is 0 Å². The normalized spacial score (nSPS) is 18.5. The Morgan fingerprint density at radius 2 is 2.26 bits per heavy atom. The van der Waals surface area contributed by atoms with Crippen LogP contribution < -0.4 is 5.32 Å². The molecule has 0 unspecified atom stereocenters. The number of hydrogen-bond donors (Lipinski definition) is 1. The standard InChI is InChI=1S/C14H17Cl2NO2/c15-11-5-3-10(13(16)8-11)4-6-14(18)17-9-12-2-1-7-19-12/h3,5,8,12H,1-2,4,6-7,9H2,(H,17,18)/t12-/m0/s1. The van der Waals surface area contributed by atoms with Gasteiger partial charge in [0.25, 0.3) is 0 Å². The summed E-state index contributed by atoms with van der Waals surface area (Å²) in [5.41, 5.74) is 0.943. The van der Waals surface area contributed by atoms with E-state index in [9.17, 15) is 4.79 Å². The van der Waals surface area contributed by atoms with Gasteiger partial charge in [-0.05, 0) is 37.0 Å². The molecule has 1 fully saturated rings. The monoisotopic (exact) mass is 301 g/mol. The summed E-state index contributed by atoms with van der Waals surface area (Å²) in [6.45, 7) is 1.41. The summed E-state index contributed by atoms with van der Waals surface area (Å²) in [6, 6.07) is 5.34. The van der Waals surface area contributed by atoms with E-state index in [0.29, 0.717) is 29.4 Å². The minimum atomic E-state index is 0.0292. The third-order valence-corrected chi connectivity index (χ3v) is 3.77. The number of aryl methyl sites for hydroxylation is 1. The molecule has 1 N–H and O–H groups in total. The highest BCUT2D eigenvalue weighted by molar-refractivity contribution is 6.35. The summed E-state index contributed by atoms with van der Waals surface area (Å²) < 4.78 is 5.45. The molecular weight excluding hydrogens is 285 g/mol. The quantitative estimate of drug-likeness (QED) is 0.907. The fourth-order valence-electron chi connectivity index (χ4n) is 2.09. The smallest absolute Gasteiger partial charge is 0.220 e. The molecule has 19 heavy (non-hydrogen) atoms. The number of amides is 1. The van der Waals surface area contributed by atoms with Gasteiger partial charge >= 0.3 is 0 Å². The number of carbonyl (C=O) groups is 1. The lowest BCUT2D eigenvalue weighted by molar-refractivity contribution is -0.121. The van der Waals surface area contributed by atoms with Crippen molar-refractivity contribution in [3.05, 3.63) is 33.8 Å². The van der Waals surface area contributed by atoms with Crippen LogP contribution in [-0.4, -0.2) is 25.2 Å². The Bertz CT molecular complexity index is 445. The zero-order chi connectivity index (χ0) is 13.7. The lowest BCUT2D eigenvalue weighted by atomic mass is 10.1. The second-order valence-corrected chi connectivity index (χ2v) is 5.52. The first-order chi connectivity index (χ1) is 9.15. The maximum Gasteiger partial charge on any atom is 0.220 e. The molecule has 0 bridgehead atoms. The Hall–Kier alpha value is -0.770. The van der Waals surface area contributed by atoms with Crippen molar-refractivity contribution in [2.24, 2.45) is 0 Å². The molecule has 1 amide bonds. The molecule has 1 heterocycles. The highest BCUT2D eigenvalue weighted by Gasteiger charge is 2.16. The summed E-state index contributed by atoms with van der Waals surface area (Å²) in [5.74, 6) is 0.0292. The van der Waals surface area contributed by atoms with E-state index < -0.39 is 0 Å². The van der Waals surface area contributed by atoms with Crippen LogP contribution in [0.5, 0.6) is 0 Å². The van der Waals surface area contributed by atoms with Gasteiger partial charge in [0.05, 0.1) is 6.10 Å². The lowest BCUT2D eigenvalue weighted by Crippen LogP contribution is -2.31. The number of nitrogens with one attached hydrogen (secondary N) is 1. The molecule has 0 radical (unpaired) electrons. The van der Waals surface area contributed by atoms with Crippen molar-refractivity contribution in [1.29, 1.82) is 0 Å². The van der Waals surface area contributed by atoms with Crippen molar-refractivity contribution >= 4 is 29.1 Å². The molecule has 0 saturated carbocycles. The van der Waals surface area contributed by atoms with Crippen molar-refractivity contribution < 1.29 is 9.53 Å². The summed E-state index contributed by atoms with van der Waals surface area (Å²) in [4.78, 5) is 11.7. The van der Waals surface area contributed by atoms with Crippen LogP contribution in [-0.2, 0) is 16.0 Å². The number of rotatable bonds is 5. The van der Waals surface area contributed by atoms with Crippen molar-refractivity contribution in [3.8, 4) is 0 Å². The maximum absolute atomic E-state index is 11.7. The first kappa shape index (κ1) is 14.6. The van der Waals surface area contributed by atoms with E-state index in [2.05, 4.69) is 5.32 Å². The molecule has 1 aromatic rings. The molecule has 1 aliphatic heterocycles. The number of ether oxygens (including phenoxy) is 1. The van der Waals surface area contributed by atoms with Gasteiger partial charge in [-0.2, -0.15) is 0 Å². The number of benzene rings is 1. The summed E-state index contributed by atoms with van der Waals surface area (Å²) in [7, 11) is 0. The van der Waals surface area contributed by atoms with Gasteiger partial charge in [-0.1, -0.05) is 29.3 Å². The van der Waals surface area contributed by atoms with Crippen molar-refractivity contribution in [2.75, 3.05) is 13.2 Å². The Kier molecular flexibility index (Phi) is 5.49. The van der Waals surface area contributed by atoms with E-state index in [1.807, 2.05) is 6.07 Å². The van der Waals surface area contributed by atoms with Crippen LogP contribution in [0.1, 0.15) is 24.8 Å². The molecule has 1 saturated heterocycles. The van der Waals surface area contributed by atoms with Crippen LogP contribution in [0.2, 0.25) is 10.0 Å². The third-order valence-electron chi connectivity index (χ3n) is 3.19. The molecule has 1 aromatic carbocycles. The molecule has 2 rings (SSSR count). The summed E-state index contributed by atoms with van der Waals surface area (Å²) in [6.07, 6.45) is 3.34. The molecule has 5 heteroatoms. The maximum atomic E-state index is 11.7. The SMILES string of the molecule is O=C(CCc1ccc(Cl)cc1Cl)NC[C@@H]1CCCO1. The predicted molar refractivity (Wildman–Crippen MR) is 76.8 cm³/mol. The fraction of sp³-hybridized carbons (Fsp3) is 0.500. The first-order valence-electron chi connectivity index (χ1n) is 6.47. The van der Waals surface area contributed by atoms with Crippen LogP contribution in [0.15, 0.2) is 18.2 Å². The highest BCUT2D eigenvalue weighted by atomic mass is 35.5. The minimum absolute atomic E-state index is 0.0292. The highest BCUT2D eigenvalue weighted by Crippen LogP contribution is 2.22. The van der Waals surface area contributed by atoms with Crippen LogP contribution in [0.4, 0.5) is 0 Å². The van der Waals surface area contributed by atoms with Crippen LogP contribution in [0.3, 0.4) is 0 Å². The van der Waals surface area contributed by atoms with Gasteiger partial charge in [0.1, 0.15) is 0 Å². The average molecular weight is 302 g/mol. The van der Waals surface area contributed by atoms with Gasteiger partial charge in [0, 0.05) is 29.6 Å². The summed E-state index contributed by atoms with van der Waals surface area (Å²) in [5, 5.41) is 4.11. The van der Waals surface area contributed by atoms with Gasteiger partial charge in [0.15, 0.2) is 0 Å². The molecular formula is C14H17Cl2NO2. The fourth-order valence-corrected chi connectivity index (χ4v) is 2.60. The number of carbonyl (C=O) groups excluding carboxylic acids is 1. The molecule has 0 spiro atoms. The zero-order valence-corrected chi connectivity index (χ0v) is 12.1. The lowest BCUT2D eigenvalue weighted by Gasteiger charge is -2.11. The second-order valence-electron chi connectivity index (χ2n) is 4.67. The van der Waals surface area contributed by atoms with E-state index in [1.54, 1.807) is 12.1 Å². The van der Waals surface area contributed by atoms with E-state index in [-0.39, 0.29) is 12.0 Å². The predicted octanol–water partition coefficient (Wildman–Crippen LogP) is 3.22. The molecule has 104 valence electrons. The van der Waals surface area contributed by atoms with E-state index in [1.165, 1.54) is 0 Å². The molecule has 1 aliphatic rings. The van der Waals surface area contributed by atoms with Crippen molar-refractivity contribution in [1.82, 2.24) is 5.32 Å². The molecule has 1 atom stereocenters. The number of hydrogen-bond acceptors (Lipinski definition) is 2. The average Bonchev–Trinajstić information content (AvgIpc) is 2.88. The Balaban J connectivity index is 1.73.